The van der Waals surface area contributed by atoms with E-state index in [2.05, 4.69) is 0 Å². The van der Waals surface area contributed by atoms with Gasteiger partial charge in [0.1, 0.15) is 0 Å². The Bertz CT molecular complexity index is 1010. The maximum absolute atomic E-state index is 12.2. The van der Waals surface area contributed by atoms with Crippen molar-refractivity contribution in [2.24, 2.45) is 0 Å². The van der Waals surface area contributed by atoms with E-state index in [1.54, 1.807) is 12.1 Å². The van der Waals surface area contributed by atoms with E-state index in [0.29, 0.717) is 17.1 Å². The number of benzene rings is 2. The molecule has 0 aliphatic carbocycles. The fraction of sp³-hybridized carbons (Fsp3) is 0.158. The first-order valence-corrected chi connectivity index (χ1v) is 8.02. The molecule has 27 heavy (non-hydrogen) atoms. The minimum atomic E-state index is -0.762. The summed E-state index contributed by atoms with van der Waals surface area (Å²) in [4.78, 5) is 49.3. The fourth-order valence-corrected chi connectivity index (χ4v) is 2.86. The normalized spacial score (nSPS) is 14.3. The van der Waals surface area contributed by atoms with E-state index in [1.807, 2.05) is 0 Å². The van der Waals surface area contributed by atoms with Crippen molar-refractivity contribution in [2.75, 3.05) is 20.4 Å². The summed E-state index contributed by atoms with van der Waals surface area (Å²) < 4.78 is 15.4. The maximum Gasteiger partial charge on any atom is 0.338 e. The summed E-state index contributed by atoms with van der Waals surface area (Å²) in [5.41, 5.74) is 0.779. The number of Topliss-reactive ketones (excluding diaryl/α,β-unsaturated/α-hetero) is 1. The number of amides is 2. The number of rotatable bonds is 4. The standard InChI is InChI=1S/C19H13NO7/c1-20-17(22)12-4-2-11(6-13(12)18(20)23)19(24)25-8-14(21)10-3-5-15-16(7-10)27-9-26-15/h2-7H,8-9H2,1H3. The number of ketones is 1. The second-order valence-electron chi connectivity index (χ2n) is 6.00. The van der Waals surface area contributed by atoms with Gasteiger partial charge in [0, 0.05) is 12.6 Å². The highest BCUT2D eigenvalue weighted by Gasteiger charge is 2.33. The van der Waals surface area contributed by atoms with Crippen LogP contribution in [0.25, 0.3) is 0 Å². The van der Waals surface area contributed by atoms with Crippen molar-refractivity contribution in [2.45, 2.75) is 0 Å². The van der Waals surface area contributed by atoms with Gasteiger partial charge in [0.25, 0.3) is 11.8 Å². The summed E-state index contributed by atoms with van der Waals surface area (Å²) in [5.74, 6) is -1.08. The van der Waals surface area contributed by atoms with Gasteiger partial charge < -0.3 is 14.2 Å². The van der Waals surface area contributed by atoms with Gasteiger partial charge in [-0.1, -0.05) is 0 Å². The number of carbonyl (C=O) groups excluding carboxylic acids is 4. The number of carbonyl (C=O) groups is 4. The number of esters is 1. The summed E-state index contributed by atoms with van der Waals surface area (Å²) in [6, 6.07) is 8.77. The van der Waals surface area contributed by atoms with Crippen LogP contribution in [0.15, 0.2) is 36.4 Å². The van der Waals surface area contributed by atoms with Crippen molar-refractivity contribution >= 4 is 23.6 Å². The maximum atomic E-state index is 12.2. The van der Waals surface area contributed by atoms with Crippen LogP contribution in [0.1, 0.15) is 41.4 Å². The molecule has 0 N–H and O–H groups in total. The molecular weight excluding hydrogens is 354 g/mol. The zero-order valence-electron chi connectivity index (χ0n) is 14.2. The van der Waals surface area contributed by atoms with Crippen LogP contribution in [-0.2, 0) is 4.74 Å². The first kappa shape index (κ1) is 16.8. The molecule has 2 aromatic carbocycles. The van der Waals surface area contributed by atoms with Crippen molar-refractivity contribution in [3.8, 4) is 11.5 Å². The number of hydrogen-bond acceptors (Lipinski definition) is 7. The second-order valence-corrected chi connectivity index (χ2v) is 6.00. The Hall–Kier alpha value is -3.68. The van der Waals surface area contributed by atoms with Gasteiger partial charge in [0.05, 0.1) is 16.7 Å². The number of hydrogen-bond donors (Lipinski definition) is 0. The van der Waals surface area contributed by atoms with Crippen LogP contribution in [-0.4, -0.2) is 48.9 Å². The number of nitrogens with zero attached hydrogens (tertiary/aromatic N) is 1. The average Bonchev–Trinajstić information content (AvgIpc) is 3.24. The summed E-state index contributed by atoms with van der Waals surface area (Å²) >= 11 is 0. The van der Waals surface area contributed by atoms with E-state index in [9.17, 15) is 19.2 Å². The molecule has 2 amide bonds. The zero-order valence-corrected chi connectivity index (χ0v) is 14.2. The van der Waals surface area contributed by atoms with Crippen LogP contribution in [0.2, 0.25) is 0 Å². The predicted molar refractivity (Wildman–Crippen MR) is 90.0 cm³/mol. The molecule has 2 heterocycles. The van der Waals surface area contributed by atoms with E-state index < -0.39 is 30.2 Å². The lowest BCUT2D eigenvalue weighted by Gasteiger charge is -2.06. The van der Waals surface area contributed by atoms with Gasteiger partial charge in [-0.3, -0.25) is 19.3 Å². The molecule has 0 unspecified atom stereocenters. The van der Waals surface area contributed by atoms with Crippen molar-refractivity contribution < 1.29 is 33.4 Å². The number of fused-ring (bicyclic) bond motifs is 2. The minimum absolute atomic E-state index is 0.0867. The highest BCUT2D eigenvalue weighted by Crippen LogP contribution is 2.32. The van der Waals surface area contributed by atoms with Gasteiger partial charge in [0.2, 0.25) is 6.79 Å². The Balaban J connectivity index is 1.45. The van der Waals surface area contributed by atoms with Crippen LogP contribution in [0.5, 0.6) is 11.5 Å². The van der Waals surface area contributed by atoms with E-state index in [1.165, 1.54) is 31.3 Å². The molecule has 2 aliphatic heterocycles. The third-order valence-electron chi connectivity index (χ3n) is 4.35. The van der Waals surface area contributed by atoms with Crippen LogP contribution >= 0.6 is 0 Å². The summed E-state index contributed by atoms with van der Waals surface area (Å²) in [6.45, 7) is -0.376. The molecule has 136 valence electrons. The number of imide groups is 1. The second kappa shape index (κ2) is 6.24. The van der Waals surface area contributed by atoms with Crippen LogP contribution in [0, 0.1) is 0 Å². The van der Waals surface area contributed by atoms with E-state index in [0.717, 1.165) is 4.90 Å². The molecule has 0 atom stereocenters. The molecule has 0 aromatic heterocycles. The number of ether oxygens (including phenoxy) is 3. The summed E-state index contributed by atoms with van der Waals surface area (Å²) in [7, 11) is 1.37. The van der Waals surface area contributed by atoms with Gasteiger partial charge in [-0.15, -0.1) is 0 Å². The van der Waals surface area contributed by atoms with Gasteiger partial charge >= 0.3 is 5.97 Å². The molecule has 4 rings (SSSR count). The van der Waals surface area contributed by atoms with Gasteiger partial charge in [-0.25, -0.2) is 4.79 Å². The average molecular weight is 367 g/mol. The zero-order chi connectivity index (χ0) is 19.1. The lowest BCUT2D eigenvalue weighted by Crippen LogP contribution is -2.24. The Labute approximate surface area is 153 Å². The Morgan fingerprint density at radius 2 is 1.67 bits per heavy atom. The molecule has 2 aliphatic rings. The largest absolute Gasteiger partial charge is 0.454 e. The molecule has 8 heteroatoms. The van der Waals surface area contributed by atoms with E-state index in [4.69, 9.17) is 14.2 Å². The molecule has 0 saturated carbocycles. The molecule has 0 saturated heterocycles. The Kier molecular flexibility index (Phi) is 3.88. The van der Waals surface area contributed by atoms with Crippen molar-refractivity contribution in [1.29, 1.82) is 0 Å². The lowest BCUT2D eigenvalue weighted by atomic mass is 10.1. The third-order valence-corrected chi connectivity index (χ3v) is 4.35. The molecule has 0 radical (unpaired) electrons. The van der Waals surface area contributed by atoms with Crippen molar-refractivity contribution in [3.05, 3.63) is 58.7 Å². The third kappa shape index (κ3) is 2.80. The Morgan fingerprint density at radius 1 is 0.963 bits per heavy atom. The first-order chi connectivity index (χ1) is 13.0. The molecule has 2 aromatic rings. The quantitative estimate of drug-likeness (QED) is 0.460. The lowest BCUT2D eigenvalue weighted by molar-refractivity contribution is 0.0474. The van der Waals surface area contributed by atoms with Crippen LogP contribution in [0.4, 0.5) is 0 Å². The molecule has 0 bridgehead atoms. The summed E-state index contributed by atoms with van der Waals surface area (Å²) in [6.07, 6.45) is 0. The smallest absolute Gasteiger partial charge is 0.338 e. The minimum Gasteiger partial charge on any atom is -0.454 e. The molecule has 0 spiro atoms. The van der Waals surface area contributed by atoms with Crippen LogP contribution in [0.3, 0.4) is 0 Å². The molecule has 0 fully saturated rings. The van der Waals surface area contributed by atoms with Crippen LogP contribution < -0.4 is 9.47 Å². The van der Waals surface area contributed by atoms with Gasteiger partial charge in [-0.05, 0) is 36.4 Å². The van der Waals surface area contributed by atoms with E-state index >= 15 is 0 Å². The SMILES string of the molecule is CN1C(=O)c2ccc(C(=O)OCC(=O)c3ccc4c(c3)OCO4)cc2C1=O. The first-order valence-electron chi connectivity index (χ1n) is 8.02. The topological polar surface area (TPSA) is 99.2 Å². The molecular formula is C19H13NO7. The van der Waals surface area contributed by atoms with Gasteiger partial charge in [-0.2, -0.15) is 0 Å². The van der Waals surface area contributed by atoms with Gasteiger partial charge in [0.15, 0.2) is 23.9 Å². The summed E-state index contributed by atoms with van der Waals surface area (Å²) in [5, 5.41) is 0. The van der Waals surface area contributed by atoms with Crippen molar-refractivity contribution in [3.63, 3.8) is 0 Å². The monoisotopic (exact) mass is 367 g/mol. The van der Waals surface area contributed by atoms with Crippen molar-refractivity contribution in [1.82, 2.24) is 4.90 Å². The van der Waals surface area contributed by atoms with E-state index in [-0.39, 0.29) is 23.5 Å². The predicted octanol–water partition coefficient (Wildman–Crippen LogP) is 1.68. The highest BCUT2D eigenvalue weighted by molar-refractivity contribution is 6.21. The Morgan fingerprint density at radius 3 is 2.48 bits per heavy atom. The highest BCUT2D eigenvalue weighted by atomic mass is 16.7. The fourth-order valence-electron chi connectivity index (χ4n) is 2.86. The molecule has 8 nitrogen and oxygen atoms in total.